The van der Waals surface area contributed by atoms with Gasteiger partial charge in [-0.2, -0.15) is 4.31 Å². The van der Waals surface area contributed by atoms with Crippen LogP contribution in [0.25, 0.3) is 11.4 Å². The zero-order valence-electron chi connectivity index (χ0n) is 17.8. The highest BCUT2D eigenvalue weighted by Gasteiger charge is 2.31. The van der Waals surface area contributed by atoms with Gasteiger partial charge in [-0.15, -0.1) is 5.10 Å². The Labute approximate surface area is 202 Å². The highest BCUT2D eigenvalue weighted by atomic mass is 35.5. The monoisotopic (exact) mass is 505 g/mol. The number of aromatic nitrogens is 3. The van der Waals surface area contributed by atoms with E-state index in [2.05, 4.69) is 20.5 Å². The molecule has 2 aromatic carbocycles. The molecule has 0 aliphatic carbocycles. The van der Waals surface area contributed by atoms with E-state index in [0.29, 0.717) is 54.2 Å². The van der Waals surface area contributed by atoms with E-state index in [-0.39, 0.29) is 16.7 Å². The largest absolute Gasteiger partial charge is 0.355 e. The standard InChI is InChI=1S/C22H24ClN5O3S2/c23-18-6-8-19(9-7-18)33(30,31)28-13-10-17(11-14-28)21(29)24-12-15-32-22-25-20(26-27-22)16-4-2-1-3-5-16/h1-9,17H,10-15H2,(H,24,29)(H,25,26,27). The molecule has 0 radical (unpaired) electrons. The van der Waals surface area contributed by atoms with Gasteiger partial charge in [-0.05, 0) is 37.1 Å². The Morgan fingerprint density at radius 3 is 2.52 bits per heavy atom. The first-order chi connectivity index (χ1) is 15.9. The lowest BCUT2D eigenvalue weighted by Crippen LogP contribution is -2.43. The minimum atomic E-state index is -3.57. The average molecular weight is 506 g/mol. The van der Waals surface area contributed by atoms with Crippen LogP contribution in [-0.4, -0.2) is 59.2 Å². The minimum Gasteiger partial charge on any atom is -0.355 e. The van der Waals surface area contributed by atoms with Crippen molar-refractivity contribution >= 4 is 39.3 Å². The van der Waals surface area contributed by atoms with Crippen LogP contribution < -0.4 is 5.32 Å². The van der Waals surface area contributed by atoms with E-state index < -0.39 is 10.0 Å². The van der Waals surface area contributed by atoms with Crippen LogP contribution in [0.3, 0.4) is 0 Å². The van der Waals surface area contributed by atoms with E-state index >= 15 is 0 Å². The van der Waals surface area contributed by atoms with Crippen molar-refractivity contribution < 1.29 is 13.2 Å². The highest BCUT2D eigenvalue weighted by Crippen LogP contribution is 2.25. The molecule has 0 saturated carbocycles. The predicted molar refractivity (Wildman–Crippen MR) is 128 cm³/mol. The Balaban J connectivity index is 1.20. The molecule has 0 atom stereocenters. The summed E-state index contributed by atoms with van der Waals surface area (Å²) in [7, 11) is -3.57. The highest BCUT2D eigenvalue weighted by molar-refractivity contribution is 7.99. The molecule has 0 bridgehead atoms. The number of hydrogen-bond donors (Lipinski definition) is 2. The Hall–Kier alpha value is -2.40. The van der Waals surface area contributed by atoms with Crippen LogP contribution in [0.4, 0.5) is 0 Å². The summed E-state index contributed by atoms with van der Waals surface area (Å²) in [6, 6.07) is 15.9. The molecule has 1 saturated heterocycles. The molecule has 11 heteroatoms. The SMILES string of the molecule is O=C(NCCSc1n[nH]c(-c2ccccc2)n1)C1CCN(S(=O)(=O)c2ccc(Cl)cc2)CC1. The third-order valence-electron chi connectivity index (χ3n) is 5.42. The molecule has 4 rings (SSSR count). The molecule has 1 aliphatic rings. The molecular formula is C22H24ClN5O3S2. The number of amides is 1. The first-order valence-electron chi connectivity index (χ1n) is 10.6. The van der Waals surface area contributed by atoms with Gasteiger partial charge in [-0.25, -0.2) is 13.4 Å². The summed E-state index contributed by atoms with van der Waals surface area (Å²) >= 11 is 7.31. The lowest BCUT2D eigenvalue weighted by molar-refractivity contribution is -0.125. The van der Waals surface area contributed by atoms with Crippen LogP contribution in [0, 0.1) is 5.92 Å². The van der Waals surface area contributed by atoms with Crippen molar-refractivity contribution in [2.45, 2.75) is 22.9 Å². The lowest BCUT2D eigenvalue weighted by atomic mass is 9.97. The van der Waals surface area contributed by atoms with Crippen molar-refractivity contribution in [1.82, 2.24) is 24.8 Å². The maximum atomic E-state index is 12.8. The molecule has 1 amide bonds. The molecule has 174 valence electrons. The number of halogens is 1. The summed E-state index contributed by atoms with van der Waals surface area (Å²) < 4.78 is 27.0. The number of sulfonamides is 1. The van der Waals surface area contributed by atoms with E-state index in [0.717, 1.165) is 5.56 Å². The van der Waals surface area contributed by atoms with E-state index in [1.165, 1.54) is 28.2 Å². The minimum absolute atomic E-state index is 0.0425. The zero-order valence-corrected chi connectivity index (χ0v) is 20.2. The Bertz CT molecular complexity index is 1180. The number of benzene rings is 2. The maximum absolute atomic E-state index is 12.8. The van der Waals surface area contributed by atoms with Gasteiger partial charge < -0.3 is 5.32 Å². The summed E-state index contributed by atoms with van der Waals surface area (Å²) in [6.07, 6.45) is 0.986. The summed E-state index contributed by atoms with van der Waals surface area (Å²) in [5.41, 5.74) is 0.967. The second-order valence-corrected chi connectivity index (χ2v) is 11.0. The average Bonchev–Trinajstić information content (AvgIpc) is 3.32. The quantitative estimate of drug-likeness (QED) is 0.358. The van der Waals surface area contributed by atoms with Crippen molar-refractivity contribution in [3.63, 3.8) is 0 Å². The van der Waals surface area contributed by atoms with Crippen LogP contribution in [0.2, 0.25) is 5.02 Å². The number of carbonyl (C=O) groups excluding carboxylic acids is 1. The second kappa shape index (κ2) is 10.7. The predicted octanol–water partition coefficient (Wildman–Crippen LogP) is 3.43. The van der Waals surface area contributed by atoms with Crippen molar-refractivity contribution in [3.8, 4) is 11.4 Å². The number of nitrogens with zero attached hydrogens (tertiary/aromatic N) is 3. The molecule has 1 aromatic heterocycles. The first kappa shape index (κ1) is 23.7. The fraction of sp³-hybridized carbons (Fsp3) is 0.318. The van der Waals surface area contributed by atoms with Crippen LogP contribution in [0.1, 0.15) is 12.8 Å². The number of piperidine rings is 1. The lowest BCUT2D eigenvalue weighted by Gasteiger charge is -2.30. The van der Waals surface area contributed by atoms with Gasteiger partial charge in [-0.1, -0.05) is 53.7 Å². The van der Waals surface area contributed by atoms with E-state index in [1.54, 1.807) is 12.1 Å². The number of hydrogen-bond acceptors (Lipinski definition) is 6. The summed E-state index contributed by atoms with van der Waals surface area (Å²) in [5.74, 6) is 1.11. The summed E-state index contributed by atoms with van der Waals surface area (Å²) in [4.78, 5) is 17.2. The molecule has 33 heavy (non-hydrogen) atoms. The molecule has 0 unspecified atom stereocenters. The molecule has 1 aliphatic heterocycles. The van der Waals surface area contributed by atoms with Crippen molar-refractivity contribution in [2.75, 3.05) is 25.4 Å². The third-order valence-corrected chi connectivity index (χ3v) is 8.43. The fourth-order valence-electron chi connectivity index (χ4n) is 3.61. The maximum Gasteiger partial charge on any atom is 0.243 e. The molecule has 0 spiro atoms. The second-order valence-electron chi connectivity index (χ2n) is 7.60. The van der Waals surface area contributed by atoms with Crippen molar-refractivity contribution in [2.24, 2.45) is 5.92 Å². The van der Waals surface area contributed by atoms with Gasteiger partial charge in [0, 0.05) is 41.9 Å². The number of rotatable bonds is 8. The topological polar surface area (TPSA) is 108 Å². The third kappa shape index (κ3) is 5.94. The van der Waals surface area contributed by atoms with E-state index in [9.17, 15) is 13.2 Å². The van der Waals surface area contributed by atoms with Crippen LogP contribution in [0.5, 0.6) is 0 Å². The first-order valence-corrected chi connectivity index (χ1v) is 13.4. The van der Waals surface area contributed by atoms with Crippen molar-refractivity contribution in [3.05, 3.63) is 59.6 Å². The molecular weight excluding hydrogens is 482 g/mol. The van der Waals surface area contributed by atoms with Crippen LogP contribution in [0.15, 0.2) is 64.6 Å². The number of carbonyl (C=O) groups is 1. The molecule has 2 N–H and O–H groups in total. The zero-order chi connectivity index (χ0) is 23.3. The van der Waals surface area contributed by atoms with Gasteiger partial charge in [0.05, 0.1) is 4.90 Å². The molecule has 1 fully saturated rings. The fourth-order valence-corrected chi connectivity index (χ4v) is 5.86. The van der Waals surface area contributed by atoms with Gasteiger partial charge in [0.25, 0.3) is 0 Å². The smallest absolute Gasteiger partial charge is 0.243 e. The Morgan fingerprint density at radius 2 is 1.82 bits per heavy atom. The molecule has 3 aromatic rings. The van der Waals surface area contributed by atoms with E-state index in [1.807, 2.05) is 30.3 Å². The van der Waals surface area contributed by atoms with Gasteiger partial charge in [0.1, 0.15) is 0 Å². The number of H-pyrrole nitrogens is 1. The number of nitrogens with one attached hydrogen (secondary N) is 2. The molecule has 2 heterocycles. The van der Waals surface area contributed by atoms with E-state index in [4.69, 9.17) is 11.6 Å². The van der Waals surface area contributed by atoms with Gasteiger partial charge in [-0.3, -0.25) is 9.89 Å². The molecule has 8 nitrogen and oxygen atoms in total. The van der Waals surface area contributed by atoms with Gasteiger partial charge >= 0.3 is 0 Å². The summed E-state index contributed by atoms with van der Waals surface area (Å²) in [5, 5.41) is 11.2. The van der Waals surface area contributed by atoms with Gasteiger partial charge in [0.2, 0.25) is 21.1 Å². The van der Waals surface area contributed by atoms with Crippen LogP contribution >= 0.6 is 23.4 Å². The number of thioether (sulfide) groups is 1. The number of aromatic amines is 1. The van der Waals surface area contributed by atoms with Gasteiger partial charge in [0.15, 0.2) is 5.82 Å². The Morgan fingerprint density at radius 1 is 1.12 bits per heavy atom. The normalized spacial score (nSPS) is 15.4. The summed E-state index contributed by atoms with van der Waals surface area (Å²) in [6.45, 7) is 1.12. The van der Waals surface area contributed by atoms with Crippen molar-refractivity contribution in [1.29, 1.82) is 0 Å². The van der Waals surface area contributed by atoms with Crippen LogP contribution in [-0.2, 0) is 14.8 Å². The Kier molecular flexibility index (Phi) is 7.69.